The van der Waals surface area contributed by atoms with E-state index < -0.39 is 5.79 Å². The maximum atomic E-state index is 12.8. The van der Waals surface area contributed by atoms with Crippen LogP contribution in [0.4, 0.5) is 5.69 Å². The zero-order valence-corrected chi connectivity index (χ0v) is 16.6. The number of carbonyl (C=O) groups excluding carboxylic acids is 1. The standard InChI is InChI=1S/C24H23NO5/c26-23(22-17(11-14-27-22)16-28-19-7-3-1-4-8-19)25-18-9-10-20-21(15-18)30-24(29-20)12-5-2-6-13-24/h1,3-4,7-11,14-15H,2,5-6,12-13,16H2,(H,25,26). The number of ether oxygens (including phenoxy) is 3. The van der Waals surface area contributed by atoms with Gasteiger partial charge in [-0.2, -0.15) is 0 Å². The van der Waals surface area contributed by atoms with E-state index in [0.717, 1.165) is 37.2 Å². The minimum Gasteiger partial charge on any atom is -0.489 e. The minimum absolute atomic E-state index is 0.229. The molecule has 6 nitrogen and oxygen atoms in total. The Morgan fingerprint density at radius 3 is 2.60 bits per heavy atom. The highest BCUT2D eigenvalue weighted by Gasteiger charge is 2.42. The van der Waals surface area contributed by atoms with E-state index in [1.807, 2.05) is 42.5 Å². The molecule has 0 bridgehead atoms. The number of furan rings is 1. The number of benzene rings is 2. The Balaban J connectivity index is 1.26. The average Bonchev–Trinajstić information content (AvgIpc) is 3.37. The van der Waals surface area contributed by atoms with Crippen molar-refractivity contribution in [3.8, 4) is 17.2 Å². The highest BCUT2D eigenvalue weighted by Crippen LogP contribution is 2.46. The van der Waals surface area contributed by atoms with Gasteiger partial charge in [-0.3, -0.25) is 4.79 Å². The largest absolute Gasteiger partial charge is 0.489 e. The predicted octanol–water partition coefficient (Wildman–Crippen LogP) is 5.54. The van der Waals surface area contributed by atoms with Crippen LogP contribution in [0.2, 0.25) is 0 Å². The second-order valence-electron chi connectivity index (χ2n) is 7.67. The second-order valence-corrected chi connectivity index (χ2v) is 7.67. The minimum atomic E-state index is -0.536. The number of hydrogen-bond acceptors (Lipinski definition) is 5. The summed E-state index contributed by atoms with van der Waals surface area (Å²) in [5, 5.41) is 2.88. The third kappa shape index (κ3) is 3.73. The zero-order chi connectivity index (χ0) is 20.4. The van der Waals surface area contributed by atoms with Crippen molar-refractivity contribution in [2.24, 2.45) is 0 Å². The van der Waals surface area contributed by atoms with E-state index in [9.17, 15) is 4.79 Å². The van der Waals surface area contributed by atoms with E-state index >= 15 is 0 Å². The fraction of sp³-hybridized carbons (Fsp3) is 0.292. The third-order valence-corrected chi connectivity index (χ3v) is 5.50. The summed E-state index contributed by atoms with van der Waals surface area (Å²) in [6.07, 6.45) is 6.69. The number of rotatable bonds is 5. The van der Waals surface area contributed by atoms with E-state index in [1.165, 1.54) is 12.7 Å². The number of anilines is 1. The Labute approximate surface area is 174 Å². The first-order valence-electron chi connectivity index (χ1n) is 10.3. The van der Waals surface area contributed by atoms with Gasteiger partial charge in [0.25, 0.3) is 11.7 Å². The molecule has 1 aliphatic carbocycles. The van der Waals surface area contributed by atoms with Crippen molar-refractivity contribution >= 4 is 11.6 Å². The molecule has 1 N–H and O–H groups in total. The molecule has 0 saturated heterocycles. The fourth-order valence-electron chi connectivity index (χ4n) is 3.98. The van der Waals surface area contributed by atoms with Gasteiger partial charge in [0.1, 0.15) is 12.4 Å². The molecule has 2 aliphatic rings. The van der Waals surface area contributed by atoms with Crippen molar-refractivity contribution in [1.82, 2.24) is 0 Å². The summed E-state index contributed by atoms with van der Waals surface area (Å²) in [6.45, 7) is 0.243. The van der Waals surface area contributed by atoms with Crippen LogP contribution in [0.15, 0.2) is 65.3 Å². The first kappa shape index (κ1) is 18.6. The van der Waals surface area contributed by atoms with E-state index in [1.54, 1.807) is 12.1 Å². The van der Waals surface area contributed by atoms with Crippen molar-refractivity contribution in [2.75, 3.05) is 5.32 Å². The Bertz CT molecular complexity index is 1040. The van der Waals surface area contributed by atoms with Gasteiger partial charge in [-0.15, -0.1) is 0 Å². The van der Waals surface area contributed by atoms with Gasteiger partial charge in [0, 0.05) is 30.2 Å². The number of para-hydroxylation sites is 1. The summed E-state index contributed by atoms with van der Waals surface area (Å²) in [6, 6.07) is 16.7. The lowest BCUT2D eigenvalue weighted by atomic mass is 9.94. The monoisotopic (exact) mass is 405 g/mol. The van der Waals surface area contributed by atoms with Crippen LogP contribution < -0.4 is 19.5 Å². The van der Waals surface area contributed by atoms with Crippen LogP contribution in [0.3, 0.4) is 0 Å². The first-order chi connectivity index (χ1) is 14.7. The van der Waals surface area contributed by atoms with Crippen molar-refractivity contribution in [3.63, 3.8) is 0 Å². The van der Waals surface area contributed by atoms with Gasteiger partial charge in [-0.1, -0.05) is 24.6 Å². The molecule has 1 saturated carbocycles. The third-order valence-electron chi connectivity index (χ3n) is 5.50. The van der Waals surface area contributed by atoms with Crippen LogP contribution in [-0.2, 0) is 6.61 Å². The lowest BCUT2D eigenvalue weighted by molar-refractivity contribution is -0.105. The van der Waals surface area contributed by atoms with E-state index in [-0.39, 0.29) is 18.3 Å². The van der Waals surface area contributed by atoms with E-state index in [4.69, 9.17) is 18.6 Å². The van der Waals surface area contributed by atoms with Crippen LogP contribution in [0, 0.1) is 0 Å². The van der Waals surface area contributed by atoms with E-state index in [2.05, 4.69) is 5.32 Å². The molecule has 1 aliphatic heterocycles. The molecule has 2 heterocycles. The first-order valence-corrected chi connectivity index (χ1v) is 10.3. The fourth-order valence-corrected chi connectivity index (χ4v) is 3.98. The molecule has 2 aromatic carbocycles. The molecule has 0 atom stereocenters. The number of hydrogen-bond donors (Lipinski definition) is 1. The van der Waals surface area contributed by atoms with Crippen molar-refractivity contribution in [2.45, 2.75) is 44.5 Å². The molecule has 1 aromatic heterocycles. The SMILES string of the molecule is O=C(Nc1ccc2c(c1)OC1(CCCCC1)O2)c1occc1COc1ccccc1. The Hall–Kier alpha value is -3.41. The molecular weight excluding hydrogens is 382 g/mol. The molecule has 1 fully saturated rings. The predicted molar refractivity (Wildman–Crippen MR) is 111 cm³/mol. The normalized spacial score (nSPS) is 16.4. The Kier molecular flexibility index (Phi) is 4.83. The average molecular weight is 405 g/mol. The summed E-state index contributed by atoms with van der Waals surface area (Å²) < 4.78 is 23.4. The smallest absolute Gasteiger partial charge is 0.291 e. The molecule has 154 valence electrons. The molecule has 6 heteroatoms. The molecule has 0 radical (unpaired) electrons. The van der Waals surface area contributed by atoms with Gasteiger partial charge in [0.2, 0.25) is 0 Å². The van der Waals surface area contributed by atoms with Crippen LogP contribution >= 0.6 is 0 Å². The quantitative estimate of drug-likeness (QED) is 0.603. The van der Waals surface area contributed by atoms with Crippen LogP contribution in [0.5, 0.6) is 17.2 Å². The molecule has 5 rings (SSSR count). The van der Waals surface area contributed by atoms with E-state index in [0.29, 0.717) is 17.0 Å². The Morgan fingerprint density at radius 2 is 1.77 bits per heavy atom. The number of fused-ring (bicyclic) bond motifs is 1. The van der Waals surface area contributed by atoms with Gasteiger partial charge in [0.05, 0.1) is 6.26 Å². The van der Waals surface area contributed by atoms with Crippen LogP contribution in [0.25, 0.3) is 0 Å². The van der Waals surface area contributed by atoms with Crippen LogP contribution in [-0.4, -0.2) is 11.7 Å². The lowest BCUT2D eigenvalue weighted by Crippen LogP contribution is -2.40. The van der Waals surface area contributed by atoms with Crippen molar-refractivity contribution in [3.05, 3.63) is 72.2 Å². The van der Waals surface area contributed by atoms with Crippen molar-refractivity contribution in [1.29, 1.82) is 0 Å². The number of carbonyl (C=O) groups is 1. The topological polar surface area (TPSA) is 69.9 Å². The summed E-state index contributed by atoms with van der Waals surface area (Å²) in [4.78, 5) is 12.8. The maximum Gasteiger partial charge on any atom is 0.291 e. The molecular formula is C24H23NO5. The molecule has 0 unspecified atom stereocenters. The number of nitrogens with one attached hydrogen (secondary N) is 1. The summed E-state index contributed by atoms with van der Waals surface area (Å²) in [5.74, 6) is 1.49. The highest BCUT2D eigenvalue weighted by molar-refractivity contribution is 6.03. The van der Waals surface area contributed by atoms with Gasteiger partial charge in [-0.05, 0) is 43.2 Å². The van der Waals surface area contributed by atoms with Gasteiger partial charge in [-0.25, -0.2) is 0 Å². The molecule has 1 spiro atoms. The van der Waals surface area contributed by atoms with Crippen molar-refractivity contribution < 1.29 is 23.4 Å². The highest BCUT2D eigenvalue weighted by atomic mass is 16.7. The molecule has 30 heavy (non-hydrogen) atoms. The van der Waals surface area contributed by atoms with Gasteiger partial charge >= 0.3 is 0 Å². The van der Waals surface area contributed by atoms with Gasteiger partial charge < -0.3 is 23.9 Å². The molecule has 1 amide bonds. The summed E-state index contributed by atoms with van der Waals surface area (Å²) in [5.41, 5.74) is 1.31. The molecule has 3 aromatic rings. The number of amides is 1. The Morgan fingerprint density at radius 1 is 0.967 bits per heavy atom. The summed E-state index contributed by atoms with van der Waals surface area (Å²) >= 11 is 0. The lowest BCUT2D eigenvalue weighted by Gasteiger charge is -2.31. The maximum absolute atomic E-state index is 12.8. The second kappa shape index (κ2) is 7.78. The zero-order valence-electron chi connectivity index (χ0n) is 16.6. The summed E-state index contributed by atoms with van der Waals surface area (Å²) in [7, 11) is 0. The van der Waals surface area contributed by atoms with Crippen LogP contribution in [0.1, 0.15) is 48.2 Å². The van der Waals surface area contributed by atoms with Gasteiger partial charge in [0.15, 0.2) is 17.3 Å².